The Bertz CT molecular complexity index is 625. The van der Waals surface area contributed by atoms with E-state index in [9.17, 15) is 4.79 Å². The number of carbonyl (C=O) groups excluding carboxylic acids is 1. The molecule has 6 heteroatoms. The maximum absolute atomic E-state index is 11.6. The molecular weight excluding hydrogens is 494 g/mol. The van der Waals surface area contributed by atoms with Crippen molar-refractivity contribution in [3.8, 4) is 5.75 Å². The number of hydrogen-bond donors (Lipinski definition) is 1. The van der Waals surface area contributed by atoms with Gasteiger partial charge in [0.05, 0.1) is 6.21 Å². The van der Waals surface area contributed by atoms with Gasteiger partial charge in [-0.2, -0.15) is 5.10 Å². The molecule has 0 atom stereocenters. The fraction of sp³-hybridized carbons (Fsp3) is 0.0667. The lowest BCUT2D eigenvalue weighted by Crippen LogP contribution is -2.24. The van der Waals surface area contributed by atoms with Crippen LogP contribution in [0.3, 0.4) is 0 Å². The zero-order valence-electron chi connectivity index (χ0n) is 10.9. The third kappa shape index (κ3) is 6.00. The fourth-order valence-electron chi connectivity index (χ4n) is 1.44. The maximum Gasteiger partial charge on any atom is 0.277 e. The van der Waals surface area contributed by atoms with Gasteiger partial charge in [0, 0.05) is 7.14 Å². The average Bonchev–Trinajstić information content (AvgIpc) is 2.49. The minimum Gasteiger partial charge on any atom is -0.484 e. The minimum atomic E-state index is -0.296. The summed E-state index contributed by atoms with van der Waals surface area (Å²) < 4.78 is 7.62. The highest BCUT2D eigenvalue weighted by Gasteiger charge is 2.01. The molecule has 0 fully saturated rings. The molecule has 0 unspecified atom stereocenters. The van der Waals surface area contributed by atoms with Crippen molar-refractivity contribution in [1.29, 1.82) is 0 Å². The molecule has 0 saturated carbocycles. The van der Waals surface area contributed by atoms with E-state index in [4.69, 9.17) is 4.74 Å². The van der Waals surface area contributed by atoms with Crippen molar-refractivity contribution in [1.82, 2.24) is 5.43 Å². The molecule has 2 aromatic carbocycles. The molecule has 0 aliphatic rings. The number of nitrogens with zero attached hydrogens (tertiary/aromatic N) is 1. The standard InChI is InChI=1S/C15H12I2N2O2/c16-12-3-1-11(2-4-12)9-18-19-15(20)10-21-14-7-5-13(17)6-8-14/h1-9H,10H2,(H,19,20). The summed E-state index contributed by atoms with van der Waals surface area (Å²) in [6, 6.07) is 15.3. The number of ether oxygens (including phenoxy) is 1. The van der Waals surface area contributed by atoms with Gasteiger partial charge in [-0.15, -0.1) is 0 Å². The number of amides is 1. The van der Waals surface area contributed by atoms with Gasteiger partial charge >= 0.3 is 0 Å². The van der Waals surface area contributed by atoms with Gasteiger partial charge in [-0.25, -0.2) is 5.43 Å². The third-order valence-electron chi connectivity index (χ3n) is 2.46. The van der Waals surface area contributed by atoms with Crippen molar-refractivity contribution >= 4 is 57.3 Å². The lowest BCUT2D eigenvalue weighted by molar-refractivity contribution is -0.123. The summed E-state index contributed by atoms with van der Waals surface area (Å²) in [6.07, 6.45) is 1.60. The monoisotopic (exact) mass is 506 g/mol. The van der Waals surface area contributed by atoms with E-state index in [1.807, 2.05) is 48.5 Å². The summed E-state index contributed by atoms with van der Waals surface area (Å²) >= 11 is 4.44. The topological polar surface area (TPSA) is 50.7 Å². The smallest absolute Gasteiger partial charge is 0.277 e. The van der Waals surface area contributed by atoms with Crippen molar-refractivity contribution in [3.05, 3.63) is 61.2 Å². The predicted octanol–water partition coefficient (Wildman–Crippen LogP) is 3.42. The predicted molar refractivity (Wildman–Crippen MR) is 99.5 cm³/mol. The first-order valence-corrected chi connectivity index (χ1v) is 8.25. The number of nitrogens with one attached hydrogen (secondary N) is 1. The SMILES string of the molecule is O=C(COc1ccc(I)cc1)NN=Cc1ccc(I)cc1. The number of benzene rings is 2. The molecule has 2 rings (SSSR count). The van der Waals surface area contributed by atoms with Crippen molar-refractivity contribution in [2.24, 2.45) is 5.10 Å². The number of rotatable bonds is 5. The van der Waals surface area contributed by atoms with Gasteiger partial charge in [-0.1, -0.05) is 12.1 Å². The minimum absolute atomic E-state index is 0.0649. The summed E-state index contributed by atoms with van der Waals surface area (Å²) in [5.41, 5.74) is 3.35. The van der Waals surface area contributed by atoms with E-state index in [-0.39, 0.29) is 12.5 Å². The van der Waals surface area contributed by atoms with E-state index in [1.54, 1.807) is 6.21 Å². The first kappa shape index (κ1) is 16.2. The highest BCUT2D eigenvalue weighted by molar-refractivity contribution is 14.1. The van der Waals surface area contributed by atoms with Gasteiger partial charge in [0.15, 0.2) is 6.61 Å². The molecule has 0 saturated heterocycles. The molecule has 0 aliphatic heterocycles. The summed E-state index contributed by atoms with van der Waals surface area (Å²) in [6.45, 7) is -0.0649. The van der Waals surface area contributed by atoms with Crippen molar-refractivity contribution < 1.29 is 9.53 Å². The van der Waals surface area contributed by atoms with Gasteiger partial charge in [-0.3, -0.25) is 4.79 Å². The zero-order chi connectivity index (χ0) is 15.1. The zero-order valence-corrected chi connectivity index (χ0v) is 15.2. The first-order chi connectivity index (χ1) is 10.1. The molecule has 108 valence electrons. The van der Waals surface area contributed by atoms with Gasteiger partial charge < -0.3 is 4.74 Å². The molecule has 0 aromatic heterocycles. The molecule has 4 nitrogen and oxygen atoms in total. The Labute approximate surface area is 150 Å². The van der Waals surface area contributed by atoms with Crippen LogP contribution in [0, 0.1) is 7.14 Å². The molecule has 0 spiro atoms. The summed E-state index contributed by atoms with van der Waals surface area (Å²) in [4.78, 5) is 11.6. The highest BCUT2D eigenvalue weighted by atomic mass is 127. The Balaban J connectivity index is 1.77. The van der Waals surface area contributed by atoms with Crippen LogP contribution in [0.2, 0.25) is 0 Å². The second-order valence-corrected chi connectivity index (χ2v) is 6.58. The van der Waals surface area contributed by atoms with E-state index in [0.717, 1.165) is 12.7 Å². The van der Waals surface area contributed by atoms with E-state index in [0.29, 0.717) is 5.75 Å². The molecule has 1 amide bonds. The Hall–Kier alpha value is -1.16. The van der Waals surface area contributed by atoms with Crippen LogP contribution in [0.4, 0.5) is 0 Å². The van der Waals surface area contributed by atoms with Crippen LogP contribution >= 0.6 is 45.2 Å². The van der Waals surface area contributed by atoms with Crippen LogP contribution in [0.25, 0.3) is 0 Å². The van der Waals surface area contributed by atoms with Crippen LogP contribution in [0.15, 0.2) is 53.6 Å². The fourth-order valence-corrected chi connectivity index (χ4v) is 2.16. The number of carbonyl (C=O) groups is 1. The van der Waals surface area contributed by atoms with Gasteiger partial charge in [-0.05, 0) is 87.1 Å². The van der Waals surface area contributed by atoms with E-state index in [2.05, 4.69) is 55.7 Å². The van der Waals surface area contributed by atoms with E-state index in [1.165, 1.54) is 0 Å². The third-order valence-corrected chi connectivity index (χ3v) is 3.89. The highest BCUT2D eigenvalue weighted by Crippen LogP contribution is 2.13. The van der Waals surface area contributed by atoms with Crippen molar-refractivity contribution in [3.63, 3.8) is 0 Å². The normalized spacial score (nSPS) is 10.6. The van der Waals surface area contributed by atoms with Gasteiger partial charge in [0.25, 0.3) is 5.91 Å². The van der Waals surface area contributed by atoms with E-state index >= 15 is 0 Å². The van der Waals surface area contributed by atoms with Crippen molar-refractivity contribution in [2.45, 2.75) is 0 Å². The Kier molecular flexibility index (Phi) is 6.43. The Morgan fingerprint density at radius 3 is 2.24 bits per heavy atom. The van der Waals surface area contributed by atoms with Crippen molar-refractivity contribution in [2.75, 3.05) is 6.61 Å². The van der Waals surface area contributed by atoms with Gasteiger partial charge in [0.2, 0.25) is 0 Å². The molecule has 0 aliphatic carbocycles. The molecule has 0 bridgehead atoms. The van der Waals surface area contributed by atoms with Crippen LogP contribution < -0.4 is 10.2 Å². The van der Waals surface area contributed by atoms with Gasteiger partial charge in [0.1, 0.15) is 5.75 Å². The average molecular weight is 506 g/mol. The van der Waals surface area contributed by atoms with Crippen LogP contribution in [0.1, 0.15) is 5.56 Å². The number of hydrazone groups is 1. The largest absolute Gasteiger partial charge is 0.484 e. The number of hydrogen-bond acceptors (Lipinski definition) is 3. The summed E-state index contributed by atoms with van der Waals surface area (Å²) in [5.74, 6) is 0.363. The molecule has 0 heterocycles. The van der Waals surface area contributed by atoms with Crippen LogP contribution in [-0.2, 0) is 4.79 Å². The van der Waals surface area contributed by atoms with E-state index < -0.39 is 0 Å². The Morgan fingerprint density at radius 1 is 1.05 bits per heavy atom. The maximum atomic E-state index is 11.6. The molecule has 2 aromatic rings. The quantitative estimate of drug-likeness (QED) is 0.384. The molecule has 0 radical (unpaired) electrons. The summed E-state index contributed by atoms with van der Waals surface area (Å²) in [7, 11) is 0. The first-order valence-electron chi connectivity index (χ1n) is 6.09. The molecular formula is C15H12I2N2O2. The second kappa shape index (κ2) is 8.32. The summed E-state index contributed by atoms with van der Waals surface area (Å²) in [5, 5.41) is 3.89. The Morgan fingerprint density at radius 2 is 1.62 bits per heavy atom. The lowest BCUT2D eigenvalue weighted by Gasteiger charge is -2.04. The molecule has 21 heavy (non-hydrogen) atoms. The van der Waals surface area contributed by atoms with Crippen LogP contribution in [0.5, 0.6) is 5.75 Å². The molecule has 1 N–H and O–H groups in total. The lowest BCUT2D eigenvalue weighted by atomic mass is 10.2. The van der Waals surface area contributed by atoms with Crippen LogP contribution in [-0.4, -0.2) is 18.7 Å². The second-order valence-electron chi connectivity index (χ2n) is 4.09. The number of halogens is 2.